The first kappa shape index (κ1) is 15.8. The number of alkyl halides is 1. The summed E-state index contributed by atoms with van der Waals surface area (Å²) in [6.07, 6.45) is 1.12. The fourth-order valence-corrected chi connectivity index (χ4v) is 10.4. The van der Waals surface area contributed by atoms with E-state index in [4.69, 9.17) is 50.5 Å². The molecule has 0 aromatic heterocycles. The van der Waals surface area contributed by atoms with Crippen LogP contribution in [-0.2, 0) is 0 Å². The maximum atomic E-state index is 5.04. The van der Waals surface area contributed by atoms with Crippen LogP contribution >= 0.6 is 66.4 Å². The fraction of sp³-hybridized carbons (Fsp3) is 1.00. The minimum Gasteiger partial charge on any atom is -0.175 e. The standard InChI is InChI=1S/C14H23BrS4/c1-11-5-12(2)9(18)13(3,7(11)16)6(15)14(4,8(11)17)10(12)19/h6-10,16-19H,5H2,1-4H3. The van der Waals surface area contributed by atoms with Gasteiger partial charge in [0.25, 0.3) is 0 Å². The Balaban J connectivity index is 2.30. The van der Waals surface area contributed by atoms with Gasteiger partial charge in [0.15, 0.2) is 0 Å². The van der Waals surface area contributed by atoms with Crippen molar-refractivity contribution in [2.75, 3.05) is 0 Å². The summed E-state index contributed by atoms with van der Waals surface area (Å²) in [5.74, 6) is 0. The number of thiol groups is 4. The predicted octanol–water partition coefficient (Wildman–Crippen LogP) is 4.40. The van der Waals surface area contributed by atoms with Gasteiger partial charge >= 0.3 is 0 Å². The quantitative estimate of drug-likeness (QED) is 0.337. The van der Waals surface area contributed by atoms with Crippen molar-refractivity contribution in [1.29, 1.82) is 0 Å². The summed E-state index contributed by atoms with van der Waals surface area (Å²) in [5.41, 5.74) is 0.433. The smallest absolute Gasteiger partial charge is 0.0296 e. The zero-order chi connectivity index (χ0) is 14.6. The van der Waals surface area contributed by atoms with E-state index in [2.05, 4.69) is 43.6 Å². The Morgan fingerprint density at radius 3 is 1.26 bits per heavy atom. The summed E-state index contributed by atoms with van der Waals surface area (Å²) in [5, 5.41) is 1.26. The third-order valence-electron chi connectivity index (χ3n) is 6.71. The zero-order valence-electron chi connectivity index (χ0n) is 11.8. The molecule has 0 aromatic rings. The van der Waals surface area contributed by atoms with Crippen LogP contribution < -0.4 is 0 Å². The molecule has 0 radical (unpaired) electrons. The molecule has 110 valence electrons. The van der Waals surface area contributed by atoms with Gasteiger partial charge in [0.2, 0.25) is 0 Å². The summed E-state index contributed by atoms with van der Waals surface area (Å²) in [6, 6.07) is 0. The molecule has 0 heterocycles. The Morgan fingerprint density at radius 2 is 1.00 bits per heavy atom. The summed E-state index contributed by atoms with van der Waals surface area (Å²) >= 11 is 24.2. The number of halogens is 1. The lowest BCUT2D eigenvalue weighted by molar-refractivity contribution is -0.141. The van der Waals surface area contributed by atoms with E-state index in [0.717, 1.165) is 6.42 Å². The van der Waals surface area contributed by atoms with E-state index in [1.807, 2.05) is 0 Å². The van der Waals surface area contributed by atoms with Gasteiger partial charge in [-0.25, -0.2) is 0 Å². The summed E-state index contributed by atoms with van der Waals surface area (Å²) < 4.78 is 0. The van der Waals surface area contributed by atoms with Crippen LogP contribution in [0.4, 0.5) is 0 Å². The molecule has 4 atom stereocenters. The maximum absolute atomic E-state index is 5.04. The molecule has 4 unspecified atom stereocenters. The molecule has 4 aliphatic rings. The van der Waals surface area contributed by atoms with E-state index >= 15 is 0 Å². The van der Waals surface area contributed by atoms with Crippen molar-refractivity contribution >= 4 is 66.4 Å². The van der Waals surface area contributed by atoms with Gasteiger partial charge in [-0.3, -0.25) is 0 Å². The fourth-order valence-electron chi connectivity index (χ4n) is 5.87. The monoisotopic (exact) mass is 398 g/mol. The van der Waals surface area contributed by atoms with Crippen LogP contribution in [0.25, 0.3) is 0 Å². The van der Waals surface area contributed by atoms with Crippen LogP contribution in [0.15, 0.2) is 0 Å². The molecule has 4 saturated carbocycles. The van der Waals surface area contributed by atoms with E-state index in [0.29, 0.717) is 25.8 Å². The van der Waals surface area contributed by atoms with Crippen molar-refractivity contribution in [3.63, 3.8) is 0 Å². The van der Waals surface area contributed by atoms with Crippen LogP contribution in [0, 0.1) is 21.7 Å². The second kappa shape index (κ2) is 4.04. The molecule has 0 N–H and O–H groups in total. The third kappa shape index (κ3) is 1.38. The average molecular weight is 400 g/mol. The van der Waals surface area contributed by atoms with E-state index in [1.165, 1.54) is 0 Å². The van der Waals surface area contributed by atoms with Crippen LogP contribution in [0.3, 0.4) is 0 Å². The topological polar surface area (TPSA) is 0 Å². The van der Waals surface area contributed by atoms with Gasteiger partial charge in [0.05, 0.1) is 0 Å². The zero-order valence-corrected chi connectivity index (χ0v) is 16.9. The minimum absolute atomic E-state index is 0.0706. The molecule has 4 aliphatic carbocycles. The third-order valence-corrected chi connectivity index (χ3v) is 13.3. The normalized spacial score (nSPS) is 71.5. The van der Waals surface area contributed by atoms with Gasteiger partial charge < -0.3 is 0 Å². The van der Waals surface area contributed by atoms with E-state index in [1.54, 1.807) is 0 Å². The Kier molecular flexibility index (Phi) is 3.35. The van der Waals surface area contributed by atoms with Gasteiger partial charge in [-0.05, 0) is 17.3 Å². The lowest BCUT2D eigenvalue weighted by Gasteiger charge is -2.79. The maximum Gasteiger partial charge on any atom is 0.0296 e. The van der Waals surface area contributed by atoms with Gasteiger partial charge in [-0.1, -0.05) is 43.6 Å². The van der Waals surface area contributed by atoms with Crippen molar-refractivity contribution in [1.82, 2.24) is 0 Å². The lowest BCUT2D eigenvalue weighted by Crippen LogP contribution is -2.82. The first-order valence-electron chi connectivity index (χ1n) is 6.84. The summed E-state index contributed by atoms with van der Waals surface area (Å²) in [4.78, 5) is 0.351. The molecule has 0 aliphatic heterocycles. The Hall–Kier alpha value is 1.88. The molecule has 5 heteroatoms. The largest absolute Gasteiger partial charge is 0.175 e. The van der Waals surface area contributed by atoms with Crippen LogP contribution in [0.2, 0.25) is 0 Å². The Labute approximate surface area is 147 Å². The second-order valence-corrected chi connectivity index (χ2v) is 10.9. The van der Waals surface area contributed by atoms with Crippen LogP contribution in [-0.4, -0.2) is 25.8 Å². The highest BCUT2D eigenvalue weighted by Gasteiger charge is 2.79. The van der Waals surface area contributed by atoms with E-state index < -0.39 is 0 Å². The highest BCUT2D eigenvalue weighted by molar-refractivity contribution is 9.09. The molecule has 0 amide bonds. The Bertz CT molecular complexity index is 379. The van der Waals surface area contributed by atoms with Crippen LogP contribution in [0.5, 0.6) is 0 Å². The number of hydrogen-bond acceptors (Lipinski definition) is 4. The first-order valence-corrected chi connectivity index (χ1v) is 9.83. The minimum atomic E-state index is 0.0706. The molecule has 0 nitrogen and oxygen atoms in total. The first-order chi connectivity index (χ1) is 8.48. The molecule has 4 rings (SSSR count). The number of hydrogen-bond donors (Lipinski definition) is 4. The molecule has 0 spiro atoms. The molecule has 19 heavy (non-hydrogen) atoms. The summed E-state index contributed by atoms with van der Waals surface area (Å²) in [7, 11) is 0. The second-order valence-electron chi connectivity index (χ2n) is 7.89. The molecule has 4 fully saturated rings. The lowest BCUT2D eigenvalue weighted by atomic mass is 9.35. The van der Waals surface area contributed by atoms with Crippen molar-refractivity contribution in [3.8, 4) is 0 Å². The molecular formula is C14H23BrS4. The van der Waals surface area contributed by atoms with Gasteiger partial charge in [0.1, 0.15) is 0 Å². The van der Waals surface area contributed by atoms with Crippen molar-refractivity contribution in [2.45, 2.75) is 59.9 Å². The molecule has 0 aromatic carbocycles. The Morgan fingerprint density at radius 1 is 0.737 bits per heavy atom. The average Bonchev–Trinajstić information content (AvgIpc) is 2.37. The van der Waals surface area contributed by atoms with Crippen molar-refractivity contribution < 1.29 is 0 Å². The predicted molar refractivity (Wildman–Crippen MR) is 101 cm³/mol. The SMILES string of the molecule is CC12CC3(C)C(S)C(C)(C1S)C(Br)C(C)(C2S)C3S. The van der Waals surface area contributed by atoms with Gasteiger partial charge in [-0.15, -0.1) is 0 Å². The highest BCUT2D eigenvalue weighted by Crippen LogP contribution is 2.78. The van der Waals surface area contributed by atoms with Gasteiger partial charge in [-0.2, -0.15) is 50.5 Å². The van der Waals surface area contributed by atoms with E-state index in [-0.39, 0.29) is 21.7 Å². The highest BCUT2D eigenvalue weighted by atomic mass is 79.9. The van der Waals surface area contributed by atoms with Gasteiger partial charge in [0, 0.05) is 36.7 Å². The number of rotatable bonds is 0. The van der Waals surface area contributed by atoms with Crippen LogP contribution in [0.1, 0.15) is 34.1 Å². The van der Waals surface area contributed by atoms with Crippen molar-refractivity contribution in [2.24, 2.45) is 21.7 Å². The molecular weight excluding hydrogens is 376 g/mol. The summed E-state index contributed by atoms with van der Waals surface area (Å²) in [6.45, 7) is 9.45. The molecule has 0 saturated heterocycles. The van der Waals surface area contributed by atoms with E-state index in [9.17, 15) is 0 Å². The van der Waals surface area contributed by atoms with Crippen molar-refractivity contribution in [3.05, 3.63) is 0 Å². The molecule has 4 bridgehead atoms.